The first-order valence-electron chi connectivity index (χ1n) is 6.89. The van der Waals surface area contributed by atoms with Crippen molar-refractivity contribution in [2.75, 3.05) is 26.4 Å². The van der Waals surface area contributed by atoms with Crippen LogP contribution in [0.4, 0.5) is 0 Å². The Kier molecular flexibility index (Phi) is 5.76. The normalized spacial score (nSPS) is 18.2. The third-order valence-electron chi connectivity index (χ3n) is 3.22. The molecule has 1 aliphatic heterocycles. The molecule has 1 fully saturated rings. The van der Waals surface area contributed by atoms with Crippen molar-refractivity contribution < 1.29 is 18.3 Å². The van der Waals surface area contributed by atoms with E-state index in [0.29, 0.717) is 26.2 Å². The molecule has 2 rings (SSSR count). The number of nitrogens with one attached hydrogen (secondary N) is 1. The van der Waals surface area contributed by atoms with Gasteiger partial charge in [0.2, 0.25) is 10.0 Å². The van der Waals surface area contributed by atoms with Crippen molar-refractivity contribution in [3.63, 3.8) is 0 Å². The van der Waals surface area contributed by atoms with Gasteiger partial charge in [0, 0.05) is 25.1 Å². The minimum Gasteiger partial charge on any atom is -0.395 e. The molecule has 0 saturated carbocycles. The molecule has 0 spiro atoms. The van der Waals surface area contributed by atoms with E-state index in [1.54, 1.807) is 12.1 Å². The van der Waals surface area contributed by atoms with E-state index >= 15 is 0 Å². The van der Waals surface area contributed by atoms with Crippen LogP contribution in [-0.4, -0.2) is 39.9 Å². The Hall–Kier alpha value is -1.39. The van der Waals surface area contributed by atoms with Gasteiger partial charge in [-0.1, -0.05) is 11.8 Å². The first-order chi connectivity index (χ1) is 10.1. The summed E-state index contributed by atoms with van der Waals surface area (Å²) in [5.74, 6) is 5.91. The number of hydrogen-bond donors (Lipinski definition) is 2. The maximum atomic E-state index is 12.1. The number of aliphatic hydroxyl groups excluding tert-OH is 1. The van der Waals surface area contributed by atoms with Crippen molar-refractivity contribution in [3.8, 4) is 11.8 Å². The highest BCUT2D eigenvalue weighted by Crippen LogP contribution is 2.14. The summed E-state index contributed by atoms with van der Waals surface area (Å²) >= 11 is 0. The lowest BCUT2D eigenvalue weighted by molar-refractivity contribution is 0.186. The highest BCUT2D eigenvalue weighted by molar-refractivity contribution is 7.89. The Bertz CT molecular complexity index is 607. The molecule has 1 unspecified atom stereocenters. The van der Waals surface area contributed by atoms with Crippen LogP contribution in [0, 0.1) is 17.8 Å². The number of rotatable bonds is 5. The predicted octanol–water partition coefficient (Wildman–Crippen LogP) is 0.735. The molecule has 0 aliphatic carbocycles. The van der Waals surface area contributed by atoms with Crippen LogP contribution in [0.1, 0.15) is 18.4 Å². The summed E-state index contributed by atoms with van der Waals surface area (Å²) < 4.78 is 32.1. The summed E-state index contributed by atoms with van der Waals surface area (Å²) in [6, 6.07) is 6.40. The fraction of sp³-hybridized carbons (Fsp3) is 0.467. The molecule has 0 radical (unpaired) electrons. The first-order valence-corrected chi connectivity index (χ1v) is 8.37. The number of ether oxygens (including phenoxy) is 1. The number of sulfonamides is 1. The monoisotopic (exact) mass is 309 g/mol. The van der Waals surface area contributed by atoms with Crippen LogP contribution >= 0.6 is 0 Å². The molecular weight excluding hydrogens is 290 g/mol. The SMILES string of the molecule is O=S(=O)(NCC1CCOC1)c1ccc(C#CCCO)cc1. The Labute approximate surface area is 125 Å². The molecule has 1 atom stereocenters. The van der Waals surface area contributed by atoms with Gasteiger partial charge in [-0.25, -0.2) is 13.1 Å². The first kappa shape index (κ1) is 16.0. The second-order valence-corrected chi connectivity index (χ2v) is 6.65. The summed E-state index contributed by atoms with van der Waals surface area (Å²) in [4.78, 5) is 0.231. The molecule has 1 heterocycles. The highest BCUT2D eigenvalue weighted by atomic mass is 32.2. The van der Waals surface area contributed by atoms with E-state index in [2.05, 4.69) is 16.6 Å². The van der Waals surface area contributed by atoms with Crippen LogP contribution in [0.15, 0.2) is 29.2 Å². The van der Waals surface area contributed by atoms with E-state index in [9.17, 15) is 8.42 Å². The molecule has 114 valence electrons. The second kappa shape index (κ2) is 7.57. The predicted molar refractivity (Wildman–Crippen MR) is 79.1 cm³/mol. The van der Waals surface area contributed by atoms with Gasteiger partial charge in [0.05, 0.1) is 18.1 Å². The summed E-state index contributed by atoms with van der Waals surface area (Å²) in [6.07, 6.45) is 1.30. The summed E-state index contributed by atoms with van der Waals surface area (Å²) in [5, 5.41) is 8.65. The fourth-order valence-corrected chi connectivity index (χ4v) is 3.11. The van der Waals surface area contributed by atoms with Crippen molar-refractivity contribution in [1.82, 2.24) is 4.72 Å². The lowest BCUT2D eigenvalue weighted by Gasteiger charge is -2.10. The van der Waals surface area contributed by atoms with E-state index in [0.717, 1.165) is 12.0 Å². The maximum absolute atomic E-state index is 12.1. The van der Waals surface area contributed by atoms with Crippen LogP contribution in [0.5, 0.6) is 0 Å². The molecule has 0 aromatic heterocycles. The van der Waals surface area contributed by atoms with E-state index in [-0.39, 0.29) is 17.4 Å². The van der Waals surface area contributed by atoms with Gasteiger partial charge in [-0.2, -0.15) is 0 Å². The largest absolute Gasteiger partial charge is 0.395 e. The van der Waals surface area contributed by atoms with Crippen LogP contribution in [0.2, 0.25) is 0 Å². The number of benzene rings is 1. The van der Waals surface area contributed by atoms with Crippen LogP contribution < -0.4 is 4.72 Å². The van der Waals surface area contributed by atoms with Crippen molar-refractivity contribution in [2.24, 2.45) is 5.92 Å². The Morgan fingerprint density at radius 2 is 2.10 bits per heavy atom. The average Bonchev–Trinajstić information content (AvgIpc) is 3.00. The zero-order valence-electron chi connectivity index (χ0n) is 11.7. The third kappa shape index (κ3) is 4.83. The molecule has 21 heavy (non-hydrogen) atoms. The van der Waals surface area contributed by atoms with E-state index in [4.69, 9.17) is 9.84 Å². The topological polar surface area (TPSA) is 75.6 Å². The molecular formula is C15H19NO4S. The molecule has 1 saturated heterocycles. The lowest BCUT2D eigenvalue weighted by atomic mass is 10.1. The Morgan fingerprint density at radius 1 is 1.33 bits per heavy atom. The number of aliphatic hydroxyl groups is 1. The average molecular weight is 309 g/mol. The van der Waals surface area contributed by atoms with Gasteiger partial charge in [-0.3, -0.25) is 0 Å². The van der Waals surface area contributed by atoms with Crippen molar-refractivity contribution in [3.05, 3.63) is 29.8 Å². The van der Waals surface area contributed by atoms with Crippen molar-refractivity contribution in [1.29, 1.82) is 0 Å². The van der Waals surface area contributed by atoms with Crippen LogP contribution in [0.3, 0.4) is 0 Å². The van der Waals surface area contributed by atoms with E-state index < -0.39 is 10.0 Å². The minimum atomic E-state index is -3.48. The second-order valence-electron chi connectivity index (χ2n) is 4.88. The fourth-order valence-electron chi connectivity index (χ4n) is 1.99. The Balaban J connectivity index is 1.98. The summed E-state index contributed by atoms with van der Waals surface area (Å²) in [6.45, 7) is 1.74. The van der Waals surface area contributed by atoms with Gasteiger partial charge < -0.3 is 9.84 Å². The van der Waals surface area contributed by atoms with Gasteiger partial charge in [0.15, 0.2) is 0 Å². The van der Waals surface area contributed by atoms with Crippen LogP contribution in [0.25, 0.3) is 0 Å². The van der Waals surface area contributed by atoms with E-state index in [1.807, 2.05) is 0 Å². The molecule has 1 aromatic rings. The lowest BCUT2D eigenvalue weighted by Crippen LogP contribution is -2.29. The van der Waals surface area contributed by atoms with Gasteiger partial charge >= 0.3 is 0 Å². The zero-order chi connectivity index (χ0) is 15.1. The molecule has 1 aromatic carbocycles. The third-order valence-corrected chi connectivity index (χ3v) is 4.66. The quantitative estimate of drug-likeness (QED) is 0.787. The summed E-state index contributed by atoms with van der Waals surface area (Å²) in [7, 11) is -3.48. The summed E-state index contributed by atoms with van der Waals surface area (Å²) in [5.41, 5.74) is 0.728. The molecule has 6 heteroatoms. The van der Waals surface area contributed by atoms with Crippen LogP contribution in [-0.2, 0) is 14.8 Å². The molecule has 2 N–H and O–H groups in total. The van der Waals surface area contributed by atoms with Gasteiger partial charge in [0.25, 0.3) is 0 Å². The maximum Gasteiger partial charge on any atom is 0.240 e. The molecule has 5 nitrogen and oxygen atoms in total. The highest BCUT2D eigenvalue weighted by Gasteiger charge is 2.20. The smallest absolute Gasteiger partial charge is 0.240 e. The molecule has 0 bridgehead atoms. The Morgan fingerprint density at radius 3 is 2.71 bits per heavy atom. The zero-order valence-corrected chi connectivity index (χ0v) is 12.5. The number of hydrogen-bond acceptors (Lipinski definition) is 4. The molecule has 0 amide bonds. The van der Waals surface area contributed by atoms with Gasteiger partial charge in [-0.05, 0) is 36.6 Å². The van der Waals surface area contributed by atoms with E-state index in [1.165, 1.54) is 12.1 Å². The standard InChI is InChI=1S/C15H19NO4S/c17-9-2-1-3-13-4-6-15(7-5-13)21(18,19)16-11-14-8-10-20-12-14/h4-7,14,16-17H,2,8-12H2. The molecule has 1 aliphatic rings. The van der Waals surface area contributed by atoms with Gasteiger partial charge in [-0.15, -0.1) is 0 Å². The van der Waals surface area contributed by atoms with Crippen molar-refractivity contribution in [2.45, 2.75) is 17.7 Å². The minimum absolute atomic E-state index is 0.0221. The van der Waals surface area contributed by atoms with Crippen molar-refractivity contribution >= 4 is 10.0 Å². The van der Waals surface area contributed by atoms with Gasteiger partial charge in [0.1, 0.15) is 0 Å².